The van der Waals surface area contributed by atoms with Gasteiger partial charge in [0.2, 0.25) is 11.8 Å². The Labute approximate surface area is 193 Å². The molecular weight excluding hydrogens is 422 g/mol. The molecule has 1 aliphatic carbocycles. The molecule has 1 heterocycles. The number of nitrogen functional groups attached to an aromatic ring is 1. The van der Waals surface area contributed by atoms with Crippen LogP contribution in [0.15, 0.2) is 36.4 Å². The third-order valence-electron chi connectivity index (χ3n) is 6.33. The summed E-state index contributed by atoms with van der Waals surface area (Å²) in [5.74, 6) is -1.17. The van der Waals surface area contributed by atoms with Crippen LogP contribution in [0.4, 0.5) is 0 Å². The molecule has 1 aromatic carbocycles. The molecule has 3 rings (SSSR count). The first kappa shape index (κ1) is 24.4. The molecular formula is C24H33N5O4. The van der Waals surface area contributed by atoms with Gasteiger partial charge in [-0.05, 0) is 17.9 Å². The molecule has 0 radical (unpaired) electrons. The molecule has 2 atom stereocenters. The molecule has 0 aromatic heterocycles. The molecule has 0 bridgehead atoms. The van der Waals surface area contributed by atoms with E-state index in [1.165, 1.54) is 11.3 Å². The van der Waals surface area contributed by atoms with Crippen LogP contribution < -0.4 is 16.4 Å². The van der Waals surface area contributed by atoms with E-state index in [0.29, 0.717) is 24.4 Å². The number of carbonyl (C=O) groups excluding carboxylic acids is 2. The highest BCUT2D eigenvalue weighted by Crippen LogP contribution is 2.28. The number of aliphatic carboxylic acids is 1. The van der Waals surface area contributed by atoms with Crippen molar-refractivity contribution in [2.75, 3.05) is 13.1 Å². The molecule has 178 valence electrons. The molecule has 6 N–H and O–H groups in total. The zero-order valence-electron chi connectivity index (χ0n) is 18.8. The molecule has 2 aliphatic rings. The maximum absolute atomic E-state index is 13.3. The minimum Gasteiger partial charge on any atom is -0.480 e. The van der Waals surface area contributed by atoms with Gasteiger partial charge < -0.3 is 21.1 Å². The molecule has 1 fully saturated rings. The van der Waals surface area contributed by atoms with Crippen LogP contribution in [0, 0.1) is 11.3 Å². The van der Waals surface area contributed by atoms with Crippen molar-refractivity contribution < 1.29 is 19.5 Å². The Morgan fingerprint density at radius 2 is 1.85 bits per heavy atom. The van der Waals surface area contributed by atoms with Gasteiger partial charge in [0.1, 0.15) is 11.9 Å². The summed E-state index contributed by atoms with van der Waals surface area (Å²) < 4.78 is 0. The summed E-state index contributed by atoms with van der Waals surface area (Å²) in [6.45, 7) is 0.309. The number of nitrogens with one attached hydrogen (secondary N) is 3. The van der Waals surface area contributed by atoms with Gasteiger partial charge in [-0.3, -0.25) is 25.1 Å². The van der Waals surface area contributed by atoms with Crippen molar-refractivity contribution in [1.82, 2.24) is 15.5 Å². The van der Waals surface area contributed by atoms with E-state index in [1.807, 2.05) is 0 Å². The predicted molar refractivity (Wildman–Crippen MR) is 125 cm³/mol. The van der Waals surface area contributed by atoms with Crippen molar-refractivity contribution in [3.8, 4) is 0 Å². The van der Waals surface area contributed by atoms with Gasteiger partial charge in [0.05, 0.1) is 12.6 Å². The molecule has 0 saturated heterocycles. The fourth-order valence-electron chi connectivity index (χ4n) is 4.51. The van der Waals surface area contributed by atoms with Gasteiger partial charge in [-0.25, -0.2) is 0 Å². The van der Waals surface area contributed by atoms with Crippen molar-refractivity contribution >= 4 is 23.6 Å². The standard InChI is InChI=1S/C24H33N5O4/c25-22(26)18-10-8-17(9-11-18)14-28-23(32)20-7-4-12-29(20)24(33)19(27-15-21(30)31)13-16-5-2-1-3-6-16/h4,7-11,16,19-20,27H,1-3,5-6,12-15H2,(H3,25,26)(H,28,32)(H,30,31)/t19-,20+/m1/s1. The van der Waals surface area contributed by atoms with Crippen LogP contribution in [-0.4, -0.2) is 58.8 Å². The van der Waals surface area contributed by atoms with Crippen molar-refractivity contribution in [2.45, 2.75) is 57.2 Å². The van der Waals surface area contributed by atoms with Gasteiger partial charge >= 0.3 is 5.97 Å². The molecule has 33 heavy (non-hydrogen) atoms. The van der Waals surface area contributed by atoms with Gasteiger partial charge in [-0.1, -0.05) is 68.5 Å². The van der Waals surface area contributed by atoms with E-state index in [1.54, 1.807) is 36.4 Å². The van der Waals surface area contributed by atoms with Gasteiger partial charge in [-0.15, -0.1) is 0 Å². The average molecular weight is 456 g/mol. The Kier molecular flexibility index (Phi) is 8.59. The number of benzene rings is 1. The second-order valence-corrected chi connectivity index (χ2v) is 8.76. The maximum atomic E-state index is 13.3. The molecule has 2 amide bonds. The second kappa shape index (κ2) is 11.6. The number of amides is 2. The lowest BCUT2D eigenvalue weighted by Gasteiger charge is -2.31. The highest BCUT2D eigenvalue weighted by Gasteiger charge is 2.35. The summed E-state index contributed by atoms with van der Waals surface area (Å²) >= 11 is 0. The average Bonchev–Trinajstić information content (AvgIpc) is 3.30. The van der Waals surface area contributed by atoms with E-state index in [9.17, 15) is 14.4 Å². The third kappa shape index (κ3) is 6.89. The summed E-state index contributed by atoms with van der Waals surface area (Å²) in [6, 6.07) is 5.67. The Balaban J connectivity index is 1.61. The van der Waals surface area contributed by atoms with E-state index in [4.69, 9.17) is 16.2 Å². The lowest BCUT2D eigenvalue weighted by atomic mass is 9.84. The third-order valence-corrected chi connectivity index (χ3v) is 6.33. The second-order valence-electron chi connectivity index (χ2n) is 8.76. The molecule has 9 heteroatoms. The molecule has 1 saturated carbocycles. The van der Waals surface area contributed by atoms with Crippen LogP contribution >= 0.6 is 0 Å². The number of nitrogens with two attached hydrogens (primary N) is 1. The first-order chi connectivity index (χ1) is 15.8. The van der Waals surface area contributed by atoms with Crippen molar-refractivity contribution in [1.29, 1.82) is 5.41 Å². The number of nitrogens with zero attached hydrogens (tertiary/aromatic N) is 1. The Hall–Kier alpha value is -3.20. The van der Waals surface area contributed by atoms with E-state index in [2.05, 4.69) is 10.6 Å². The van der Waals surface area contributed by atoms with Crippen LogP contribution in [0.1, 0.15) is 49.7 Å². The normalized spacial score (nSPS) is 19.3. The monoisotopic (exact) mass is 455 g/mol. The fraction of sp³-hybridized carbons (Fsp3) is 0.500. The Bertz CT molecular complexity index is 893. The highest BCUT2D eigenvalue weighted by atomic mass is 16.4. The van der Waals surface area contributed by atoms with Gasteiger partial charge in [-0.2, -0.15) is 0 Å². The summed E-state index contributed by atoms with van der Waals surface area (Å²) in [5, 5.41) is 22.3. The Morgan fingerprint density at radius 3 is 2.48 bits per heavy atom. The first-order valence-electron chi connectivity index (χ1n) is 11.5. The van der Waals surface area contributed by atoms with Crippen molar-refractivity contribution in [3.63, 3.8) is 0 Å². The number of hydrogen-bond donors (Lipinski definition) is 5. The summed E-state index contributed by atoms with van der Waals surface area (Å²) in [6.07, 6.45) is 9.64. The number of hydrogen-bond acceptors (Lipinski definition) is 5. The van der Waals surface area contributed by atoms with Crippen LogP contribution in [0.25, 0.3) is 0 Å². The zero-order chi connectivity index (χ0) is 23.8. The largest absolute Gasteiger partial charge is 0.480 e. The zero-order valence-corrected chi connectivity index (χ0v) is 18.8. The number of rotatable bonds is 10. The summed E-state index contributed by atoms with van der Waals surface area (Å²) in [4.78, 5) is 38.8. The lowest BCUT2D eigenvalue weighted by molar-refractivity contribution is -0.140. The predicted octanol–water partition coefficient (Wildman–Crippen LogP) is 1.37. The van der Waals surface area contributed by atoms with Crippen LogP contribution in [-0.2, 0) is 20.9 Å². The number of amidine groups is 1. The fourth-order valence-corrected chi connectivity index (χ4v) is 4.51. The number of carboxylic acids is 1. The minimum atomic E-state index is -1.01. The molecule has 1 aliphatic heterocycles. The highest BCUT2D eigenvalue weighted by molar-refractivity contribution is 5.95. The maximum Gasteiger partial charge on any atom is 0.317 e. The van der Waals surface area contributed by atoms with E-state index >= 15 is 0 Å². The smallest absolute Gasteiger partial charge is 0.317 e. The minimum absolute atomic E-state index is 0.0184. The SMILES string of the molecule is N=C(N)c1ccc(CNC(=O)[C@@H]2C=CCN2C(=O)[C@@H](CC2CCCCC2)NCC(=O)O)cc1. The number of carbonyl (C=O) groups is 3. The topological polar surface area (TPSA) is 149 Å². The molecule has 1 aromatic rings. The quantitative estimate of drug-likeness (QED) is 0.204. The van der Waals surface area contributed by atoms with Crippen LogP contribution in [0.3, 0.4) is 0 Å². The first-order valence-corrected chi connectivity index (χ1v) is 11.5. The molecule has 9 nitrogen and oxygen atoms in total. The Morgan fingerprint density at radius 1 is 1.15 bits per heavy atom. The van der Waals surface area contributed by atoms with Crippen molar-refractivity contribution in [3.05, 3.63) is 47.5 Å². The number of carboxylic acid groups (broad SMARTS) is 1. The van der Waals surface area contributed by atoms with E-state index in [0.717, 1.165) is 31.2 Å². The van der Waals surface area contributed by atoms with E-state index < -0.39 is 18.1 Å². The lowest BCUT2D eigenvalue weighted by Crippen LogP contribution is -2.53. The summed E-state index contributed by atoms with van der Waals surface area (Å²) in [5.41, 5.74) is 6.93. The van der Waals surface area contributed by atoms with E-state index in [-0.39, 0.29) is 30.7 Å². The van der Waals surface area contributed by atoms with Gasteiger partial charge in [0, 0.05) is 18.7 Å². The summed E-state index contributed by atoms with van der Waals surface area (Å²) in [7, 11) is 0. The van der Waals surface area contributed by atoms with Gasteiger partial charge in [0.15, 0.2) is 0 Å². The van der Waals surface area contributed by atoms with Gasteiger partial charge in [0.25, 0.3) is 0 Å². The van der Waals surface area contributed by atoms with Crippen LogP contribution in [0.5, 0.6) is 0 Å². The molecule has 0 unspecified atom stereocenters. The van der Waals surface area contributed by atoms with Crippen LogP contribution in [0.2, 0.25) is 0 Å². The van der Waals surface area contributed by atoms with Crippen molar-refractivity contribution in [2.24, 2.45) is 11.7 Å². The molecule has 0 spiro atoms.